The molecular formula is C27H31FN2O7S. The Morgan fingerprint density at radius 2 is 1.79 bits per heavy atom. The van der Waals surface area contributed by atoms with E-state index in [-0.39, 0.29) is 53.4 Å². The highest BCUT2D eigenvalue weighted by Gasteiger charge is 2.41. The number of hydrogen-bond acceptors (Lipinski definition) is 7. The van der Waals surface area contributed by atoms with Crippen LogP contribution in [0.1, 0.15) is 36.0 Å². The van der Waals surface area contributed by atoms with Crippen molar-refractivity contribution in [2.75, 3.05) is 30.8 Å². The summed E-state index contributed by atoms with van der Waals surface area (Å²) in [5, 5.41) is 23.2. The molecule has 2 saturated carbocycles. The molecule has 2 unspecified atom stereocenters. The van der Waals surface area contributed by atoms with Crippen LogP contribution in [0.15, 0.2) is 40.8 Å². The fraction of sp³-hybridized carbons (Fsp3) is 0.444. The van der Waals surface area contributed by atoms with Gasteiger partial charge in [-0.15, -0.1) is 0 Å². The van der Waals surface area contributed by atoms with Gasteiger partial charge in [-0.25, -0.2) is 12.8 Å². The molecule has 1 amide bonds. The number of nitrogens with one attached hydrogen (secondary N) is 1. The van der Waals surface area contributed by atoms with Gasteiger partial charge in [0.2, 0.25) is 10.0 Å². The van der Waals surface area contributed by atoms with E-state index < -0.39 is 33.9 Å². The number of fused-ring (bicyclic) bond motifs is 1. The van der Waals surface area contributed by atoms with Crippen LogP contribution in [0.5, 0.6) is 5.75 Å². The molecule has 0 spiro atoms. The lowest BCUT2D eigenvalue weighted by molar-refractivity contribution is 0.0964. The van der Waals surface area contributed by atoms with Gasteiger partial charge < -0.3 is 24.7 Å². The summed E-state index contributed by atoms with van der Waals surface area (Å²) in [5.41, 5.74) is 1.03. The van der Waals surface area contributed by atoms with Gasteiger partial charge in [0, 0.05) is 24.1 Å². The SMILES string of the molecule is CNC(=O)c1c(-c2ccc(F)cc2)oc2cc(N(C(CO)C3CC3)S(C)(=O)=O)c(OC(CO)C3CC3)cc12. The quantitative estimate of drug-likeness (QED) is 0.337. The van der Waals surface area contributed by atoms with Gasteiger partial charge in [0.05, 0.1) is 36.8 Å². The van der Waals surface area contributed by atoms with Gasteiger partial charge in [-0.1, -0.05) is 0 Å². The van der Waals surface area contributed by atoms with E-state index in [1.807, 2.05) is 0 Å². The van der Waals surface area contributed by atoms with Crippen LogP contribution in [0.2, 0.25) is 0 Å². The number of sulfonamides is 1. The number of carbonyl (C=O) groups excluding carboxylic acids is 1. The van der Waals surface area contributed by atoms with Crippen molar-refractivity contribution in [1.29, 1.82) is 0 Å². The first kappa shape index (κ1) is 26.5. The number of rotatable bonds is 11. The zero-order valence-electron chi connectivity index (χ0n) is 21.2. The molecule has 11 heteroatoms. The first-order chi connectivity index (χ1) is 18.2. The Labute approximate surface area is 220 Å². The summed E-state index contributed by atoms with van der Waals surface area (Å²) >= 11 is 0. The fourth-order valence-corrected chi connectivity index (χ4v) is 6.18. The number of aliphatic hydroxyl groups is 2. The molecule has 0 radical (unpaired) electrons. The number of benzene rings is 2. The smallest absolute Gasteiger partial charge is 0.255 e. The van der Waals surface area contributed by atoms with Gasteiger partial charge in [-0.3, -0.25) is 9.10 Å². The molecule has 1 heterocycles. The maximum Gasteiger partial charge on any atom is 0.255 e. The predicted molar refractivity (Wildman–Crippen MR) is 140 cm³/mol. The summed E-state index contributed by atoms with van der Waals surface area (Å²) in [5.74, 6) is -0.431. The summed E-state index contributed by atoms with van der Waals surface area (Å²) in [7, 11) is -2.41. The number of amides is 1. The van der Waals surface area contributed by atoms with Crippen molar-refractivity contribution < 1.29 is 37.0 Å². The van der Waals surface area contributed by atoms with Crippen molar-refractivity contribution in [2.45, 2.75) is 37.8 Å². The van der Waals surface area contributed by atoms with E-state index in [2.05, 4.69) is 5.32 Å². The molecule has 38 heavy (non-hydrogen) atoms. The second-order valence-electron chi connectivity index (χ2n) is 10.0. The highest BCUT2D eigenvalue weighted by Crippen LogP contribution is 2.46. The Morgan fingerprint density at radius 1 is 1.13 bits per heavy atom. The number of ether oxygens (including phenoxy) is 1. The van der Waals surface area contributed by atoms with Crippen molar-refractivity contribution in [3.8, 4) is 17.1 Å². The van der Waals surface area contributed by atoms with E-state index in [9.17, 15) is 27.8 Å². The largest absolute Gasteiger partial charge is 0.486 e. The van der Waals surface area contributed by atoms with Gasteiger partial charge in [0.25, 0.3) is 5.91 Å². The number of aliphatic hydroxyl groups excluding tert-OH is 2. The average molecular weight is 547 g/mol. The van der Waals surface area contributed by atoms with Crippen LogP contribution in [-0.4, -0.2) is 63.2 Å². The minimum atomic E-state index is -3.89. The lowest BCUT2D eigenvalue weighted by Gasteiger charge is -2.32. The number of anilines is 1. The summed E-state index contributed by atoms with van der Waals surface area (Å²) in [6, 6.07) is 7.83. The fourth-order valence-electron chi connectivity index (χ4n) is 4.95. The first-order valence-corrected chi connectivity index (χ1v) is 14.5. The van der Waals surface area contributed by atoms with E-state index >= 15 is 0 Å². The molecule has 9 nitrogen and oxygen atoms in total. The molecule has 1 aromatic heterocycles. The highest BCUT2D eigenvalue weighted by atomic mass is 32.2. The summed E-state index contributed by atoms with van der Waals surface area (Å²) in [4.78, 5) is 13.0. The van der Waals surface area contributed by atoms with Gasteiger partial charge in [0.15, 0.2) is 0 Å². The zero-order valence-corrected chi connectivity index (χ0v) is 22.0. The molecule has 2 aliphatic rings. The zero-order chi connectivity index (χ0) is 27.2. The molecule has 0 saturated heterocycles. The summed E-state index contributed by atoms with van der Waals surface area (Å²) in [6.07, 6.45) is 3.83. The van der Waals surface area contributed by atoms with Gasteiger partial charge in [-0.05, 0) is 67.9 Å². The normalized spacial score (nSPS) is 17.3. The van der Waals surface area contributed by atoms with Crippen molar-refractivity contribution in [1.82, 2.24) is 5.32 Å². The van der Waals surface area contributed by atoms with Crippen molar-refractivity contribution in [3.05, 3.63) is 47.8 Å². The van der Waals surface area contributed by atoms with Gasteiger partial charge in [-0.2, -0.15) is 0 Å². The molecule has 3 aromatic rings. The van der Waals surface area contributed by atoms with Crippen LogP contribution in [0.4, 0.5) is 10.1 Å². The van der Waals surface area contributed by atoms with Crippen molar-refractivity contribution >= 4 is 32.6 Å². The lowest BCUT2D eigenvalue weighted by atomic mass is 10.0. The second kappa shape index (κ2) is 10.2. The summed E-state index contributed by atoms with van der Waals surface area (Å²) in [6.45, 7) is -0.647. The molecule has 2 fully saturated rings. The number of carbonyl (C=O) groups is 1. The Balaban J connectivity index is 1.76. The maximum atomic E-state index is 13.6. The topological polar surface area (TPSA) is 129 Å². The van der Waals surface area contributed by atoms with Crippen LogP contribution in [0, 0.1) is 17.7 Å². The number of hydrogen-bond donors (Lipinski definition) is 3. The van der Waals surface area contributed by atoms with Gasteiger partial charge in [0.1, 0.15) is 29.0 Å². The molecular weight excluding hydrogens is 515 g/mol. The highest BCUT2D eigenvalue weighted by molar-refractivity contribution is 7.92. The van der Waals surface area contributed by atoms with E-state index in [0.29, 0.717) is 10.9 Å². The van der Waals surface area contributed by atoms with E-state index in [1.54, 1.807) is 6.07 Å². The number of nitrogens with zero attached hydrogens (tertiary/aromatic N) is 1. The minimum absolute atomic E-state index is 0.0110. The van der Waals surface area contributed by atoms with Crippen LogP contribution in [0.25, 0.3) is 22.3 Å². The first-order valence-electron chi connectivity index (χ1n) is 12.6. The number of furan rings is 1. The van der Waals surface area contributed by atoms with Crippen LogP contribution in [0.3, 0.4) is 0 Å². The third-order valence-electron chi connectivity index (χ3n) is 7.19. The second-order valence-corrected chi connectivity index (χ2v) is 11.9. The third kappa shape index (κ3) is 5.10. The molecule has 204 valence electrons. The van der Waals surface area contributed by atoms with Crippen molar-refractivity contribution in [2.24, 2.45) is 11.8 Å². The van der Waals surface area contributed by atoms with E-state index in [0.717, 1.165) is 31.9 Å². The van der Waals surface area contributed by atoms with Crippen LogP contribution in [-0.2, 0) is 10.0 Å². The minimum Gasteiger partial charge on any atom is -0.486 e. The Hall–Kier alpha value is -3.15. The standard InChI is InChI=1S/C27H31FN2O7S/c1-29-27(33)25-19-11-23(36-24(14-32)16-5-6-16)20(30(38(2,34)35)21(13-31)15-3-4-15)12-22(19)37-26(25)17-7-9-18(28)10-8-17/h7-12,15-16,21,24,31-32H,3-6,13-14H2,1-2H3,(H,29,33). The van der Waals surface area contributed by atoms with Gasteiger partial charge >= 0.3 is 0 Å². The molecule has 3 N–H and O–H groups in total. The average Bonchev–Trinajstić information content (AvgIpc) is 3.81. The molecule has 2 aromatic carbocycles. The van der Waals surface area contributed by atoms with Crippen LogP contribution < -0.4 is 14.4 Å². The van der Waals surface area contributed by atoms with Crippen LogP contribution >= 0.6 is 0 Å². The Morgan fingerprint density at radius 3 is 2.32 bits per heavy atom. The molecule has 0 aliphatic heterocycles. The molecule has 5 rings (SSSR count). The Bertz CT molecular complexity index is 1450. The number of halogens is 1. The molecule has 2 aliphatic carbocycles. The van der Waals surface area contributed by atoms with E-state index in [4.69, 9.17) is 9.15 Å². The van der Waals surface area contributed by atoms with Crippen molar-refractivity contribution in [3.63, 3.8) is 0 Å². The maximum absolute atomic E-state index is 13.6. The predicted octanol–water partition coefficient (Wildman–Crippen LogP) is 3.29. The summed E-state index contributed by atoms with van der Waals surface area (Å²) < 4.78 is 53.4. The molecule has 2 atom stereocenters. The van der Waals surface area contributed by atoms with E-state index in [1.165, 1.54) is 41.7 Å². The lowest BCUT2D eigenvalue weighted by Crippen LogP contribution is -2.44. The monoisotopic (exact) mass is 546 g/mol. The third-order valence-corrected chi connectivity index (χ3v) is 8.37. The Kier molecular flexibility index (Phi) is 7.10. The molecule has 0 bridgehead atoms.